The second-order valence-electron chi connectivity index (χ2n) is 1.03. The molecule has 92 valence electrons. The van der Waals surface area contributed by atoms with E-state index in [0.717, 1.165) is 0 Å². The Morgan fingerprint density at radius 1 is 0.625 bits per heavy atom. The molecule has 8 N–H and O–H groups in total. The first-order chi connectivity index (χ1) is 5.00. The molecule has 0 aromatic carbocycles. The van der Waals surface area contributed by atoms with Crippen molar-refractivity contribution in [1.29, 1.82) is 0 Å². The second-order valence-corrected chi connectivity index (χ2v) is 3.08. The minimum atomic E-state index is -4.64. The molecule has 14 heteroatoms. The Morgan fingerprint density at radius 3 is 0.625 bits per heavy atom. The summed E-state index contributed by atoms with van der Waals surface area (Å²) < 4.78 is 17.8. The molecule has 0 amide bonds. The molecular formula is C2H17Na3O9P2. The average molecular weight is 316 g/mol. The van der Waals surface area contributed by atoms with Crippen LogP contribution in [0.25, 0.3) is 0 Å². The first kappa shape index (κ1) is 42.7. The summed E-state index contributed by atoms with van der Waals surface area (Å²) in [5.41, 5.74) is 0. The summed E-state index contributed by atoms with van der Waals surface area (Å²) in [4.78, 5) is 43.1. The van der Waals surface area contributed by atoms with Gasteiger partial charge in [-0.25, -0.2) is 9.13 Å². The zero-order valence-corrected chi connectivity index (χ0v) is 8.68. The number of hydrogen-bond donors (Lipinski definition) is 6. The molecule has 0 unspecified atom stereocenters. The normalized spacial score (nSPS) is 7.75. The molecule has 0 atom stereocenters. The van der Waals surface area contributed by atoms with Crippen molar-refractivity contribution in [3.05, 3.63) is 0 Å². The van der Waals surface area contributed by atoms with E-state index in [1.165, 1.54) is 0 Å². The van der Waals surface area contributed by atoms with E-state index in [1.807, 2.05) is 13.8 Å². The molecule has 0 bridgehead atoms. The van der Waals surface area contributed by atoms with Gasteiger partial charge in [0.25, 0.3) is 0 Å². The molecule has 0 fully saturated rings. The van der Waals surface area contributed by atoms with Crippen molar-refractivity contribution < 1.29 is 44.0 Å². The van der Waals surface area contributed by atoms with Crippen LogP contribution in [0.15, 0.2) is 0 Å². The molecule has 0 spiro atoms. The van der Waals surface area contributed by atoms with Gasteiger partial charge in [0, 0.05) is 0 Å². The van der Waals surface area contributed by atoms with Gasteiger partial charge in [0.15, 0.2) is 0 Å². The molecule has 0 saturated heterocycles. The van der Waals surface area contributed by atoms with Crippen LogP contribution >= 0.6 is 15.6 Å². The zero-order chi connectivity index (χ0) is 11.0. The van der Waals surface area contributed by atoms with Gasteiger partial charge >= 0.3 is 104 Å². The van der Waals surface area contributed by atoms with Crippen molar-refractivity contribution in [2.75, 3.05) is 0 Å². The van der Waals surface area contributed by atoms with Crippen LogP contribution in [0, 0.1) is 0 Å². The van der Waals surface area contributed by atoms with Gasteiger partial charge in [-0.1, -0.05) is 13.8 Å². The fraction of sp³-hybridized carbons (Fsp3) is 1.00. The Morgan fingerprint density at radius 2 is 0.625 bits per heavy atom. The standard InChI is InChI=1S/C2H6.3Na.2H3O4P.H2O.3H/c1-2;;;;2*1-5(2,3)4;;;;/h1-2H3;;;;2*(H3,1,2,3,4);1H2;;;. The quantitative estimate of drug-likeness (QED) is 0.195. The first-order valence-electron chi connectivity index (χ1n) is 2.57. The Hall–Kier alpha value is 3.18. The van der Waals surface area contributed by atoms with Gasteiger partial charge in [0.1, 0.15) is 0 Å². The van der Waals surface area contributed by atoms with Crippen LogP contribution in [0.4, 0.5) is 0 Å². The summed E-state index contributed by atoms with van der Waals surface area (Å²) in [6.07, 6.45) is 0. The Balaban J connectivity index is -0.0000000144. The van der Waals surface area contributed by atoms with Gasteiger partial charge in [-0.3, -0.25) is 0 Å². The summed E-state index contributed by atoms with van der Waals surface area (Å²) in [7, 11) is -9.28. The van der Waals surface area contributed by atoms with Crippen LogP contribution in [-0.4, -0.2) is 124 Å². The van der Waals surface area contributed by atoms with Gasteiger partial charge in [0.05, 0.1) is 0 Å². The fourth-order valence-electron chi connectivity index (χ4n) is 0. The Labute approximate surface area is 160 Å². The molecule has 0 aromatic heterocycles. The summed E-state index contributed by atoms with van der Waals surface area (Å²) >= 11 is 0. The van der Waals surface area contributed by atoms with E-state index in [2.05, 4.69) is 0 Å². The van der Waals surface area contributed by atoms with Crippen LogP contribution < -0.4 is 0 Å². The number of phosphoric acid groups is 2. The van der Waals surface area contributed by atoms with Crippen LogP contribution in [0.3, 0.4) is 0 Å². The molecule has 0 aromatic rings. The van der Waals surface area contributed by atoms with Crippen molar-refractivity contribution in [2.24, 2.45) is 0 Å². The molecule has 0 aliphatic carbocycles. The Bertz CT molecular complexity index is 139. The van der Waals surface area contributed by atoms with E-state index in [4.69, 9.17) is 38.5 Å². The molecule has 0 radical (unpaired) electrons. The molecule has 0 aliphatic heterocycles. The average Bonchev–Trinajstić information content (AvgIpc) is 1.59. The monoisotopic (exact) mass is 316 g/mol. The van der Waals surface area contributed by atoms with E-state index in [9.17, 15) is 0 Å². The SMILES string of the molecule is CC.O.O=P(O)(O)O.O=P(O)(O)O.[NaH].[NaH].[NaH]. The van der Waals surface area contributed by atoms with Crippen LogP contribution in [0.5, 0.6) is 0 Å². The summed E-state index contributed by atoms with van der Waals surface area (Å²) in [6, 6.07) is 0. The predicted octanol–water partition coefficient (Wildman–Crippen LogP) is -3.60. The molecule has 16 heavy (non-hydrogen) atoms. The van der Waals surface area contributed by atoms with E-state index in [0.29, 0.717) is 0 Å². The van der Waals surface area contributed by atoms with Crippen molar-refractivity contribution in [1.82, 2.24) is 0 Å². The maximum absolute atomic E-state index is 8.88. The van der Waals surface area contributed by atoms with Gasteiger partial charge in [-0.15, -0.1) is 0 Å². The third-order valence-electron chi connectivity index (χ3n) is 0. The number of rotatable bonds is 0. The third kappa shape index (κ3) is 445. The van der Waals surface area contributed by atoms with Crippen LogP contribution in [0.2, 0.25) is 0 Å². The summed E-state index contributed by atoms with van der Waals surface area (Å²) in [5.74, 6) is 0. The van der Waals surface area contributed by atoms with E-state index in [-0.39, 0.29) is 94.1 Å². The van der Waals surface area contributed by atoms with Gasteiger partial charge in [-0.2, -0.15) is 0 Å². The zero-order valence-electron chi connectivity index (χ0n) is 6.89. The molecule has 9 nitrogen and oxygen atoms in total. The third-order valence-corrected chi connectivity index (χ3v) is 0. The molecular weight excluding hydrogens is 299 g/mol. The fourth-order valence-corrected chi connectivity index (χ4v) is 0. The summed E-state index contributed by atoms with van der Waals surface area (Å²) in [5, 5.41) is 0. The van der Waals surface area contributed by atoms with Crippen molar-refractivity contribution in [3.63, 3.8) is 0 Å². The minimum absolute atomic E-state index is 0. The van der Waals surface area contributed by atoms with Gasteiger partial charge in [0.2, 0.25) is 0 Å². The van der Waals surface area contributed by atoms with E-state index in [1.54, 1.807) is 0 Å². The van der Waals surface area contributed by atoms with Crippen molar-refractivity contribution in [2.45, 2.75) is 13.8 Å². The Kier molecular flexibility index (Phi) is 62.2. The van der Waals surface area contributed by atoms with Crippen LogP contribution in [0.1, 0.15) is 13.8 Å². The van der Waals surface area contributed by atoms with Crippen molar-refractivity contribution >= 4 is 104 Å². The molecule has 0 heterocycles. The summed E-state index contributed by atoms with van der Waals surface area (Å²) in [6.45, 7) is 4.00. The predicted molar refractivity (Wildman–Crippen MR) is 64.9 cm³/mol. The molecule has 0 saturated carbocycles. The van der Waals surface area contributed by atoms with Crippen LogP contribution in [-0.2, 0) is 9.13 Å². The topological polar surface area (TPSA) is 187 Å². The maximum atomic E-state index is 8.88. The van der Waals surface area contributed by atoms with Crippen molar-refractivity contribution in [3.8, 4) is 0 Å². The number of hydrogen-bond acceptors (Lipinski definition) is 2. The van der Waals surface area contributed by atoms with E-state index >= 15 is 0 Å². The second kappa shape index (κ2) is 23.3. The molecule has 0 rings (SSSR count). The van der Waals surface area contributed by atoms with Gasteiger partial charge in [-0.05, 0) is 0 Å². The van der Waals surface area contributed by atoms with Gasteiger partial charge < -0.3 is 34.8 Å². The first-order valence-corrected chi connectivity index (χ1v) is 5.70. The molecule has 0 aliphatic rings. The van der Waals surface area contributed by atoms with E-state index < -0.39 is 15.6 Å².